The maximum absolute atomic E-state index is 13.9. The molecule has 0 aliphatic heterocycles. The topological polar surface area (TPSA) is 116 Å². The van der Waals surface area contributed by atoms with Crippen LogP contribution in [0.1, 0.15) is 12.0 Å². The zero-order chi connectivity index (χ0) is 29.3. The van der Waals surface area contributed by atoms with Crippen LogP contribution in [0.5, 0.6) is 5.75 Å². The molecule has 0 amide bonds. The fourth-order valence-electron chi connectivity index (χ4n) is 2.13. The van der Waals surface area contributed by atoms with Crippen LogP contribution in [0.25, 0.3) is 0 Å². The molecule has 19 heteroatoms. The van der Waals surface area contributed by atoms with Gasteiger partial charge in [-0.3, -0.25) is 4.55 Å². The lowest BCUT2D eigenvalue weighted by Gasteiger charge is -2.33. The van der Waals surface area contributed by atoms with Gasteiger partial charge in [0.05, 0.1) is 6.61 Å². The summed E-state index contributed by atoms with van der Waals surface area (Å²) in [6.07, 6.45) is -14.8. The molecule has 0 saturated carbocycles. The van der Waals surface area contributed by atoms with Crippen LogP contribution in [-0.2, 0) is 29.2 Å². The molecule has 210 valence electrons. The van der Waals surface area contributed by atoms with Crippen LogP contribution in [0.3, 0.4) is 0 Å². The normalized spacial score (nSPS) is 15.0. The molecule has 1 atom stereocenters. The number of esters is 2. The smallest absolute Gasteiger partial charge is 0.421 e. The Labute approximate surface area is 200 Å². The summed E-state index contributed by atoms with van der Waals surface area (Å²) in [5, 5.41) is -6.28. The molecule has 1 N–H and O–H groups in total. The van der Waals surface area contributed by atoms with Gasteiger partial charge in [0.2, 0.25) is 0 Å². The number of ether oxygens (including phenoxy) is 3. The number of hydrogen-bond acceptors (Lipinski definition) is 7. The zero-order valence-corrected chi connectivity index (χ0v) is 18.7. The van der Waals surface area contributed by atoms with E-state index in [0.717, 1.165) is 24.3 Å². The Balaban J connectivity index is 3.48. The van der Waals surface area contributed by atoms with Gasteiger partial charge < -0.3 is 14.2 Å². The third kappa shape index (κ3) is 7.10. The summed E-state index contributed by atoms with van der Waals surface area (Å²) >= 11 is 0. The van der Waals surface area contributed by atoms with E-state index in [4.69, 9.17) is 4.55 Å². The van der Waals surface area contributed by atoms with Crippen molar-refractivity contribution < 1.29 is 80.7 Å². The monoisotopic (exact) mass is 580 g/mol. The molecule has 0 spiro atoms. The lowest BCUT2D eigenvalue weighted by Crippen LogP contribution is -2.60. The van der Waals surface area contributed by atoms with Gasteiger partial charge in [0.15, 0.2) is 0 Å². The summed E-state index contributed by atoms with van der Waals surface area (Å²) in [6.45, 7) is 1.20. The Morgan fingerprint density at radius 3 is 1.84 bits per heavy atom. The van der Waals surface area contributed by atoms with E-state index in [1.165, 1.54) is 6.92 Å². The quantitative estimate of drug-likeness (QED) is 0.109. The third-order valence-electron chi connectivity index (χ3n) is 4.17. The average molecular weight is 580 g/mol. The first-order valence-electron chi connectivity index (χ1n) is 9.11. The molecule has 0 aliphatic rings. The van der Waals surface area contributed by atoms with Crippen molar-refractivity contribution in [3.8, 4) is 5.75 Å². The Kier molecular flexibility index (Phi) is 9.06. The highest BCUT2D eigenvalue weighted by atomic mass is 32.2. The highest BCUT2D eigenvalue weighted by Crippen LogP contribution is 2.43. The van der Waals surface area contributed by atoms with E-state index in [-0.39, 0.29) is 0 Å². The molecule has 1 aromatic carbocycles. The van der Waals surface area contributed by atoms with Gasteiger partial charge in [-0.1, -0.05) is 24.3 Å². The van der Waals surface area contributed by atoms with Crippen LogP contribution in [0, 0.1) is 6.92 Å². The highest BCUT2D eigenvalue weighted by Gasteiger charge is 2.70. The van der Waals surface area contributed by atoms with Gasteiger partial charge in [-0.2, -0.15) is 52.3 Å². The number of carbonyl (C=O) groups is 2. The van der Waals surface area contributed by atoms with Crippen molar-refractivity contribution in [3.63, 3.8) is 0 Å². The molecule has 1 aromatic rings. The first kappa shape index (κ1) is 32.1. The number of hydrogen-bond donors (Lipinski definition) is 1. The first-order chi connectivity index (χ1) is 16.4. The summed E-state index contributed by atoms with van der Waals surface area (Å²) in [6, 6.07) is 4.03. The molecular formula is C18H14F10O8S. The second-order valence-corrected chi connectivity index (χ2v) is 8.44. The van der Waals surface area contributed by atoms with E-state index in [1.807, 2.05) is 0 Å². The summed E-state index contributed by atoms with van der Waals surface area (Å²) in [5.74, 6) is -17.7. The predicted octanol–water partition coefficient (Wildman–Crippen LogP) is 4.34. The number of aryl methyl sites for hydroxylation is 1. The van der Waals surface area contributed by atoms with Crippen molar-refractivity contribution in [2.24, 2.45) is 0 Å². The van der Waals surface area contributed by atoms with Crippen LogP contribution in [0.4, 0.5) is 43.9 Å². The Bertz CT molecular complexity index is 1130. The van der Waals surface area contributed by atoms with Crippen molar-refractivity contribution in [3.05, 3.63) is 42.0 Å². The van der Waals surface area contributed by atoms with E-state index in [9.17, 15) is 61.9 Å². The zero-order valence-electron chi connectivity index (χ0n) is 17.9. The number of halogens is 10. The number of benzene rings is 1. The molecule has 0 heterocycles. The number of carbonyl (C=O) groups excluding carboxylic acids is 2. The maximum atomic E-state index is 13.9. The van der Waals surface area contributed by atoms with Gasteiger partial charge >= 0.3 is 51.4 Å². The standard InChI is InChI=1S/C18H14F10O8S/c1-9-3-5-11(6-4-9)35-13(30)15(17(24,25)26,36-12(29)10(2)16(21,22)23)34-8-7-14(19,20)18(27,28)37(31,32)33/h3-6H,2,7-8H2,1H3,(H,31,32,33). The van der Waals surface area contributed by atoms with Gasteiger partial charge in [0.25, 0.3) is 0 Å². The van der Waals surface area contributed by atoms with E-state index < -0.39 is 75.7 Å². The molecule has 0 fully saturated rings. The third-order valence-corrected chi connectivity index (χ3v) is 5.12. The van der Waals surface area contributed by atoms with Gasteiger partial charge in [-0.15, -0.1) is 0 Å². The fourth-order valence-corrected chi connectivity index (χ4v) is 2.61. The molecule has 0 radical (unpaired) electrons. The van der Waals surface area contributed by atoms with E-state index in [0.29, 0.717) is 5.56 Å². The molecular weight excluding hydrogens is 566 g/mol. The number of rotatable bonds is 10. The minimum absolute atomic E-state index is 0.466. The summed E-state index contributed by atoms with van der Waals surface area (Å²) in [7, 11) is -6.84. The van der Waals surface area contributed by atoms with Crippen LogP contribution in [-0.4, -0.2) is 60.8 Å². The molecule has 8 nitrogen and oxygen atoms in total. The van der Waals surface area contributed by atoms with Crippen LogP contribution in [0.2, 0.25) is 0 Å². The second-order valence-electron chi connectivity index (χ2n) is 6.98. The van der Waals surface area contributed by atoms with Crippen molar-refractivity contribution in [1.82, 2.24) is 0 Å². The molecule has 1 unspecified atom stereocenters. The molecule has 0 aliphatic carbocycles. The predicted molar refractivity (Wildman–Crippen MR) is 98.9 cm³/mol. The summed E-state index contributed by atoms with van der Waals surface area (Å²) < 4.78 is 175. The Morgan fingerprint density at radius 1 is 0.946 bits per heavy atom. The van der Waals surface area contributed by atoms with Crippen LogP contribution >= 0.6 is 0 Å². The Morgan fingerprint density at radius 2 is 1.43 bits per heavy atom. The van der Waals surface area contributed by atoms with E-state index in [1.54, 1.807) is 0 Å². The van der Waals surface area contributed by atoms with Crippen LogP contribution < -0.4 is 4.74 Å². The van der Waals surface area contributed by atoms with Crippen molar-refractivity contribution in [2.75, 3.05) is 6.61 Å². The van der Waals surface area contributed by atoms with Gasteiger partial charge in [-0.05, 0) is 19.1 Å². The molecule has 0 bridgehead atoms. The minimum atomic E-state index is -6.84. The van der Waals surface area contributed by atoms with Crippen molar-refractivity contribution >= 4 is 22.1 Å². The van der Waals surface area contributed by atoms with Gasteiger partial charge in [0, 0.05) is 6.42 Å². The lowest BCUT2D eigenvalue weighted by atomic mass is 10.2. The fraction of sp³-hybridized carbons (Fsp3) is 0.444. The van der Waals surface area contributed by atoms with E-state index in [2.05, 4.69) is 20.8 Å². The molecule has 37 heavy (non-hydrogen) atoms. The summed E-state index contributed by atoms with van der Waals surface area (Å²) in [4.78, 5) is 24.1. The van der Waals surface area contributed by atoms with E-state index >= 15 is 0 Å². The molecule has 1 rings (SSSR count). The van der Waals surface area contributed by atoms with Crippen molar-refractivity contribution in [2.45, 2.75) is 42.7 Å². The van der Waals surface area contributed by atoms with Crippen LogP contribution in [0.15, 0.2) is 36.4 Å². The van der Waals surface area contributed by atoms with Gasteiger partial charge in [0.1, 0.15) is 11.3 Å². The first-order valence-corrected chi connectivity index (χ1v) is 10.5. The SMILES string of the molecule is C=C(C(=O)OC(OCCC(F)(F)C(F)(F)S(=O)(=O)O)(C(=O)Oc1ccc(C)cc1)C(F)(F)F)C(F)(F)F. The number of alkyl halides is 10. The van der Waals surface area contributed by atoms with Crippen molar-refractivity contribution in [1.29, 1.82) is 0 Å². The summed E-state index contributed by atoms with van der Waals surface area (Å²) in [5.41, 5.74) is -2.16. The maximum Gasteiger partial charge on any atom is 0.468 e. The van der Waals surface area contributed by atoms with Gasteiger partial charge in [-0.25, -0.2) is 9.59 Å². The molecule has 0 aromatic heterocycles. The highest BCUT2D eigenvalue weighted by molar-refractivity contribution is 7.87. The Hall–Kier alpha value is -2.93. The minimum Gasteiger partial charge on any atom is -0.421 e. The second kappa shape index (κ2) is 10.4. The largest absolute Gasteiger partial charge is 0.468 e. The lowest BCUT2D eigenvalue weighted by molar-refractivity contribution is -0.355. The molecule has 0 saturated heterocycles. The average Bonchev–Trinajstić information content (AvgIpc) is 2.71.